The number of hydrogen-bond acceptors (Lipinski definition) is 6. The maximum atomic E-state index is 13.1. The van der Waals surface area contributed by atoms with Crippen LogP contribution in [0, 0.1) is 0 Å². The van der Waals surface area contributed by atoms with Gasteiger partial charge in [-0.05, 0) is 57.2 Å². The van der Waals surface area contributed by atoms with Crippen LogP contribution in [-0.2, 0) is 19.6 Å². The Bertz CT molecular complexity index is 1020. The van der Waals surface area contributed by atoms with Crippen molar-refractivity contribution in [2.45, 2.75) is 31.7 Å². The van der Waals surface area contributed by atoms with Gasteiger partial charge in [0.1, 0.15) is 12.3 Å². The van der Waals surface area contributed by atoms with E-state index >= 15 is 0 Å². The van der Waals surface area contributed by atoms with Crippen molar-refractivity contribution in [3.8, 4) is 5.75 Å². The zero-order chi connectivity index (χ0) is 23.2. The largest absolute Gasteiger partial charge is 0.495 e. The van der Waals surface area contributed by atoms with Crippen LogP contribution in [-0.4, -0.2) is 58.5 Å². The van der Waals surface area contributed by atoms with Crippen molar-refractivity contribution in [1.29, 1.82) is 0 Å². The quantitative estimate of drug-likeness (QED) is 0.548. The number of nitrogens with zero attached hydrogens (tertiary/aromatic N) is 2. The number of hydrogen-bond donors (Lipinski definition) is 0. The Morgan fingerprint density at radius 2 is 1.65 bits per heavy atom. The van der Waals surface area contributed by atoms with Gasteiger partial charge in [0.05, 0.1) is 24.3 Å². The Morgan fingerprint density at radius 3 is 2.19 bits per heavy atom. The Balaban J connectivity index is 2.28. The molecule has 2 rings (SSSR count). The molecule has 0 radical (unpaired) electrons. The second kappa shape index (κ2) is 10.3. The van der Waals surface area contributed by atoms with Crippen molar-refractivity contribution in [3.05, 3.63) is 54.1 Å². The summed E-state index contributed by atoms with van der Waals surface area (Å²) >= 11 is 0. The van der Waals surface area contributed by atoms with E-state index in [0.29, 0.717) is 11.4 Å². The first-order valence-corrected chi connectivity index (χ1v) is 11.3. The summed E-state index contributed by atoms with van der Waals surface area (Å²) < 4.78 is 37.4. The van der Waals surface area contributed by atoms with E-state index in [1.165, 1.54) is 43.3 Å². The molecule has 31 heavy (non-hydrogen) atoms. The number of esters is 1. The molecule has 8 nitrogen and oxygen atoms in total. The molecule has 0 N–H and O–H groups in total. The number of ether oxygens (including phenoxy) is 2. The van der Waals surface area contributed by atoms with Crippen LogP contribution in [0.2, 0.25) is 0 Å². The van der Waals surface area contributed by atoms with Crippen molar-refractivity contribution in [1.82, 2.24) is 4.90 Å². The lowest BCUT2D eigenvalue weighted by atomic mass is 10.1. The number of carbonyl (C=O) groups is 2. The average molecular weight is 449 g/mol. The zero-order valence-electron chi connectivity index (χ0n) is 18.4. The van der Waals surface area contributed by atoms with Gasteiger partial charge in [-0.25, -0.2) is 8.42 Å². The Hall–Kier alpha value is -3.07. The van der Waals surface area contributed by atoms with Crippen LogP contribution in [0.5, 0.6) is 5.75 Å². The smallest absolute Gasteiger partial charge is 0.325 e. The fourth-order valence-electron chi connectivity index (χ4n) is 2.95. The molecule has 9 heteroatoms. The summed E-state index contributed by atoms with van der Waals surface area (Å²) in [6.45, 7) is 5.32. The minimum absolute atomic E-state index is 0.0268. The van der Waals surface area contributed by atoms with E-state index in [9.17, 15) is 18.0 Å². The molecule has 0 unspecified atom stereocenters. The molecule has 0 bridgehead atoms. The third-order valence-electron chi connectivity index (χ3n) is 4.67. The summed E-state index contributed by atoms with van der Waals surface area (Å²) in [5.74, 6) is -0.459. The SMILES string of the molecule is CCOC(=O)CN(C(=O)c1ccc(S(=O)(=O)N(C)c2ccccc2OC)cc1)C(C)C. The molecular formula is C22H28N2O6S. The van der Waals surface area contributed by atoms with E-state index in [4.69, 9.17) is 9.47 Å². The molecule has 0 fully saturated rings. The molecule has 0 aliphatic carbocycles. The van der Waals surface area contributed by atoms with E-state index in [0.717, 1.165) is 4.31 Å². The molecule has 2 aromatic rings. The highest BCUT2D eigenvalue weighted by Crippen LogP contribution is 2.30. The number of anilines is 1. The summed E-state index contributed by atoms with van der Waals surface area (Å²) in [4.78, 5) is 26.1. The van der Waals surface area contributed by atoms with Gasteiger partial charge in [-0.3, -0.25) is 13.9 Å². The van der Waals surface area contributed by atoms with E-state index in [-0.39, 0.29) is 35.6 Å². The number of para-hydroxylation sites is 2. The maximum Gasteiger partial charge on any atom is 0.325 e. The van der Waals surface area contributed by atoms with Crippen molar-refractivity contribution in [2.75, 3.05) is 31.6 Å². The topological polar surface area (TPSA) is 93.2 Å². The molecule has 2 aromatic carbocycles. The average Bonchev–Trinajstić information content (AvgIpc) is 2.76. The number of carbonyl (C=O) groups excluding carboxylic acids is 2. The van der Waals surface area contributed by atoms with Gasteiger partial charge in [0.2, 0.25) is 0 Å². The van der Waals surface area contributed by atoms with Gasteiger partial charge in [0, 0.05) is 18.7 Å². The van der Waals surface area contributed by atoms with Gasteiger partial charge in [-0.1, -0.05) is 12.1 Å². The second-order valence-electron chi connectivity index (χ2n) is 7.00. The van der Waals surface area contributed by atoms with Crippen LogP contribution in [0.1, 0.15) is 31.1 Å². The van der Waals surface area contributed by atoms with Crippen molar-refractivity contribution >= 4 is 27.6 Å². The molecule has 0 saturated heterocycles. The fraction of sp³-hybridized carbons (Fsp3) is 0.364. The highest BCUT2D eigenvalue weighted by Gasteiger charge is 2.26. The summed E-state index contributed by atoms with van der Waals surface area (Å²) in [7, 11) is -0.970. The molecule has 168 valence electrons. The number of sulfonamides is 1. The third-order valence-corrected chi connectivity index (χ3v) is 6.46. The first kappa shape index (κ1) is 24.2. The summed E-state index contributed by atoms with van der Waals surface area (Å²) in [6.07, 6.45) is 0. The molecule has 0 saturated carbocycles. The Kier molecular flexibility index (Phi) is 8.04. The third kappa shape index (κ3) is 5.55. The number of rotatable bonds is 9. The van der Waals surface area contributed by atoms with Crippen LogP contribution in [0.25, 0.3) is 0 Å². The molecular weight excluding hydrogens is 420 g/mol. The zero-order valence-corrected chi connectivity index (χ0v) is 19.2. The molecule has 0 aliphatic rings. The molecule has 1 amide bonds. The van der Waals surface area contributed by atoms with Crippen molar-refractivity contribution in [2.24, 2.45) is 0 Å². The van der Waals surface area contributed by atoms with Crippen molar-refractivity contribution in [3.63, 3.8) is 0 Å². The van der Waals surface area contributed by atoms with E-state index in [2.05, 4.69) is 0 Å². The number of methoxy groups -OCH3 is 1. The molecule has 0 spiro atoms. The molecule has 0 aromatic heterocycles. The van der Waals surface area contributed by atoms with E-state index < -0.39 is 16.0 Å². The van der Waals surface area contributed by atoms with Crippen LogP contribution in [0.3, 0.4) is 0 Å². The molecule has 0 atom stereocenters. The highest BCUT2D eigenvalue weighted by atomic mass is 32.2. The van der Waals surface area contributed by atoms with Gasteiger partial charge in [0.15, 0.2) is 0 Å². The Morgan fingerprint density at radius 1 is 1.03 bits per heavy atom. The first-order chi connectivity index (χ1) is 14.6. The molecule has 0 aliphatic heterocycles. The predicted molar refractivity (Wildman–Crippen MR) is 118 cm³/mol. The maximum absolute atomic E-state index is 13.1. The standard InChI is InChI=1S/C22H28N2O6S/c1-6-30-21(25)15-24(16(2)3)22(26)17-11-13-18(14-12-17)31(27,28)23(4)19-9-7-8-10-20(19)29-5/h7-14,16H,6,15H2,1-5H3. The monoisotopic (exact) mass is 448 g/mol. The van der Waals surface area contributed by atoms with E-state index in [1.54, 1.807) is 45.0 Å². The van der Waals surface area contributed by atoms with Crippen LogP contribution >= 0.6 is 0 Å². The minimum atomic E-state index is -3.88. The van der Waals surface area contributed by atoms with Crippen LogP contribution < -0.4 is 9.04 Å². The lowest BCUT2D eigenvalue weighted by molar-refractivity contribution is -0.144. The van der Waals surface area contributed by atoms with Crippen LogP contribution in [0.15, 0.2) is 53.4 Å². The van der Waals surface area contributed by atoms with E-state index in [1.807, 2.05) is 0 Å². The molecule has 0 heterocycles. The number of amides is 1. The van der Waals surface area contributed by atoms with Gasteiger partial charge in [-0.15, -0.1) is 0 Å². The normalized spacial score (nSPS) is 11.2. The highest BCUT2D eigenvalue weighted by molar-refractivity contribution is 7.92. The number of benzene rings is 2. The first-order valence-electron chi connectivity index (χ1n) is 9.82. The minimum Gasteiger partial charge on any atom is -0.495 e. The fourth-order valence-corrected chi connectivity index (χ4v) is 4.15. The van der Waals surface area contributed by atoms with Crippen LogP contribution in [0.4, 0.5) is 5.69 Å². The second-order valence-corrected chi connectivity index (χ2v) is 8.97. The summed E-state index contributed by atoms with van der Waals surface area (Å²) in [5, 5.41) is 0. The lowest BCUT2D eigenvalue weighted by Crippen LogP contribution is -2.41. The Labute approximate surface area is 183 Å². The lowest BCUT2D eigenvalue weighted by Gasteiger charge is -2.26. The van der Waals surface area contributed by atoms with Gasteiger partial charge < -0.3 is 14.4 Å². The summed E-state index contributed by atoms with van der Waals surface area (Å²) in [5.41, 5.74) is 0.669. The summed E-state index contributed by atoms with van der Waals surface area (Å²) in [6, 6.07) is 12.2. The predicted octanol–water partition coefficient (Wildman–Crippen LogP) is 2.93. The van der Waals surface area contributed by atoms with Crippen molar-refractivity contribution < 1.29 is 27.5 Å². The van der Waals surface area contributed by atoms with Gasteiger partial charge in [-0.2, -0.15) is 0 Å². The van der Waals surface area contributed by atoms with Gasteiger partial charge in [0.25, 0.3) is 15.9 Å². The van der Waals surface area contributed by atoms with Gasteiger partial charge >= 0.3 is 5.97 Å².